The van der Waals surface area contributed by atoms with Crippen molar-refractivity contribution in [3.8, 4) is 0 Å². The Kier molecular flexibility index (Phi) is 4.38. The zero-order chi connectivity index (χ0) is 20.6. The van der Waals surface area contributed by atoms with Gasteiger partial charge in [0.15, 0.2) is 0 Å². The van der Waals surface area contributed by atoms with Gasteiger partial charge in [-0.3, -0.25) is 0 Å². The van der Waals surface area contributed by atoms with Gasteiger partial charge in [0.05, 0.1) is 0 Å². The molecule has 0 aliphatic heterocycles. The van der Waals surface area contributed by atoms with Crippen molar-refractivity contribution in [2.24, 2.45) is 0 Å². The van der Waals surface area contributed by atoms with Crippen LogP contribution in [0.25, 0.3) is 10.9 Å². The van der Waals surface area contributed by atoms with Crippen LogP contribution in [0.4, 0.5) is 0 Å². The van der Waals surface area contributed by atoms with E-state index in [9.17, 15) is 0 Å². The molecule has 0 spiro atoms. The molecule has 0 bridgehead atoms. The molecule has 1 aromatic heterocycles. The van der Waals surface area contributed by atoms with Crippen molar-refractivity contribution in [2.75, 3.05) is 6.66 Å². The van der Waals surface area contributed by atoms with Crippen LogP contribution < -0.4 is 21.3 Å². The molecule has 1 heterocycles. The quantitative estimate of drug-likeness (QED) is 0.391. The summed E-state index contributed by atoms with van der Waals surface area (Å²) >= 11 is 0. The standard InChI is InChI=1S/C28H26NP/c1-22-13-12-20-27-26(22)21-28(29-27)30(2,23-14-6-3-7-15-23,24-16-8-4-9-17-24)25-18-10-5-11-19-25/h3-21,29H,1-2H3. The minimum atomic E-state index is -2.98. The molecule has 148 valence electrons. The average molecular weight is 407 g/mol. The van der Waals surface area contributed by atoms with Gasteiger partial charge in [0, 0.05) is 0 Å². The molecule has 5 rings (SSSR count). The second-order valence-electron chi connectivity index (χ2n) is 8.26. The summed E-state index contributed by atoms with van der Waals surface area (Å²) in [5.41, 5.74) is 3.80. The number of H-pyrrole nitrogens is 1. The molecule has 0 saturated carbocycles. The van der Waals surface area contributed by atoms with Crippen LogP contribution in [-0.4, -0.2) is 11.6 Å². The zero-order valence-corrected chi connectivity index (χ0v) is 18.3. The number of benzene rings is 4. The van der Waals surface area contributed by atoms with Gasteiger partial charge in [-0.05, 0) is 0 Å². The van der Waals surface area contributed by atoms with Gasteiger partial charge in [-0.2, -0.15) is 0 Å². The van der Waals surface area contributed by atoms with Crippen LogP contribution in [-0.2, 0) is 0 Å². The van der Waals surface area contributed by atoms with Crippen molar-refractivity contribution in [1.82, 2.24) is 4.98 Å². The van der Waals surface area contributed by atoms with E-state index < -0.39 is 6.60 Å². The molecule has 30 heavy (non-hydrogen) atoms. The fraction of sp³-hybridized carbons (Fsp3) is 0.0714. The summed E-state index contributed by atoms with van der Waals surface area (Å²) in [5, 5.41) is 5.39. The van der Waals surface area contributed by atoms with E-state index in [1.807, 2.05) is 0 Å². The maximum absolute atomic E-state index is 3.87. The van der Waals surface area contributed by atoms with Gasteiger partial charge in [-0.25, -0.2) is 0 Å². The second-order valence-corrected chi connectivity index (χ2v) is 13.4. The Hall–Kier alpha value is -3.15. The number of hydrogen-bond acceptors (Lipinski definition) is 0. The van der Waals surface area contributed by atoms with E-state index in [1.165, 1.54) is 37.8 Å². The fourth-order valence-electron chi connectivity index (χ4n) is 4.86. The van der Waals surface area contributed by atoms with E-state index in [2.05, 4.69) is 134 Å². The predicted octanol–water partition coefficient (Wildman–Crippen LogP) is 5.26. The minimum absolute atomic E-state index is 1.20. The van der Waals surface area contributed by atoms with Crippen LogP contribution in [0.15, 0.2) is 115 Å². The first-order valence-corrected chi connectivity index (χ1v) is 13.1. The van der Waals surface area contributed by atoms with Gasteiger partial charge in [-0.15, -0.1) is 0 Å². The number of hydrogen-bond donors (Lipinski definition) is 1. The Balaban J connectivity index is 2.01. The Morgan fingerprint density at radius 2 is 1.03 bits per heavy atom. The molecule has 5 aromatic rings. The molecule has 0 radical (unpaired) electrons. The van der Waals surface area contributed by atoms with E-state index in [0.29, 0.717) is 0 Å². The van der Waals surface area contributed by atoms with Crippen molar-refractivity contribution in [1.29, 1.82) is 0 Å². The first-order valence-electron chi connectivity index (χ1n) is 10.4. The van der Waals surface area contributed by atoms with Crippen LogP contribution >= 0.6 is 6.60 Å². The number of rotatable bonds is 4. The summed E-state index contributed by atoms with van der Waals surface area (Å²) in [6, 6.07) is 42.0. The van der Waals surface area contributed by atoms with Gasteiger partial charge in [0.25, 0.3) is 0 Å². The van der Waals surface area contributed by atoms with E-state index in [-0.39, 0.29) is 0 Å². The molecule has 4 aromatic carbocycles. The SMILES string of the molecule is Cc1cccc2[nH]c(P(C)(c3ccccc3)(c3ccccc3)c3ccccc3)cc12. The van der Waals surface area contributed by atoms with Gasteiger partial charge in [-0.1, -0.05) is 0 Å². The molecule has 1 N–H and O–H groups in total. The zero-order valence-electron chi connectivity index (χ0n) is 17.4. The van der Waals surface area contributed by atoms with Crippen molar-refractivity contribution in [3.63, 3.8) is 0 Å². The third-order valence-electron chi connectivity index (χ3n) is 6.68. The van der Waals surface area contributed by atoms with E-state index in [4.69, 9.17) is 0 Å². The van der Waals surface area contributed by atoms with Crippen molar-refractivity contribution in [3.05, 3.63) is 121 Å². The van der Waals surface area contributed by atoms with Crippen molar-refractivity contribution in [2.45, 2.75) is 6.92 Å². The number of aryl methyl sites for hydroxylation is 1. The summed E-state index contributed by atoms with van der Waals surface area (Å²) in [7, 11) is 0. The molecule has 2 heteroatoms. The first kappa shape index (κ1) is 18.9. The molecule has 0 amide bonds. The van der Waals surface area contributed by atoms with Gasteiger partial charge in [0.1, 0.15) is 0 Å². The molecule has 0 fully saturated rings. The van der Waals surface area contributed by atoms with Gasteiger partial charge in [0.2, 0.25) is 0 Å². The number of nitrogens with one attached hydrogen (secondary N) is 1. The molecule has 0 unspecified atom stereocenters. The Labute approximate surface area is 178 Å². The topological polar surface area (TPSA) is 15.8 Å². The predicted molar refractivity (Wildman–Crippen MR) is 134 cm³/mol. The van der Waals surface area contributed by atoms with Gasteiger partial charge < -0.3 is 0 Å². The third kappa shape index (κ3) is 2.52. The molecule has 0 atom stereocenters. The van der Waals surface area contributed by atoms with Crippen molar-refractivity contribution >= 4 is 38.9 Å². The molecular weight excluding hydrogens is 381 g/mol. The van der Waals surface area contributed by atoms with Crippen LogP contribution in [0.1, 0.15) is 5.56 Å². The van der Waals surface area contributed by atoms with Crippen LogP contribution in [0.3, 0.4) is 0 Å². The summed E-state index contributed by atoms with van der Waals surface area (Å²) in [5.74, 6) is 0. The Bertz CT molecular complexity index is 1200. The summed E-state index contributed by atoms with van der Waals surface area (Å²) < 4.78 is 0. The van der Waals surface area contributed by atoms with E-state index in [1.54, 1.807) is 0 Å². The summed E-state index contributed by atoms with van der Waals surface area (Å²) in [6.07, 6.45) is 0. The molecule has 0 saturated heterocycles. The first-order chi connectivity index (χ1) is 14.6. The molecule has 0 aliphatic rings. The molecule has 1 nitrogen and oxygen atoms in total. The average Bonchev–Trinajstić information content (AvgIpc) is 3.27. The number of aromatic amines is 1. The summed E-state index contributed by atoms with van der Waals surface area (Å²) in [6.45, 7) is 1.70. The van der Waals surface area contributed by atoms with Crippen LogP contribution in [0.5, 0.6) is 0 Å². The fourth-order valence-corrected chi connectivity index (χ4v) is 10.2. The molecule has 0 aliphatic carbocycles. The van der Waals surface area contributed by atoms with Gasteiger partial charge >= 0.3 is 178 Å². The van der Waals surface area contributed by atoms with Crippen LogP contribution in [0.2, 0.25) is 0 Å². The van der Waals surface area contributed by atoms with E-state index in [0.717, 1.165) is 0 Å². The Morgan fingerprint density at radius 3 is 1.47 bits per heavy atom. The second kappa shape index (κ2) is 6.97. The normalized spacial score (nSPS) is 13.1. The number of fused-ring (bicyclic) bond motifs is 1. The Morgan fingerprint density at radius 1 is 0.567 bits per heavy atom. The third-order valence-corrected chi connectivity index (χ3v) is 12.9. The van der Waals surface area contributed by atoms with Crippen LogP contribution in [0, 0.1) is 6.92 Å². The van der Waals surface area contributed by atoms with Crippen molar-refractivity contribution < 1.29 is 0 Å². The summed E-state index contributed by atoms with van der Waals surface area (Å²) in [4.78, 5) is 3.87. The van der Waals surface area contributed by atoms with E-state index >= 15 is 0 Å². The monoisotopic (exact) mass is 407 g/mol. The molecular formula is C28H26NP. The number of aromatic nitrogens is 1. The maximum atomic E-state index is 3.87.